The largest absolute Gasteiger partial charge is 0.497 e. The molecule has 0 spiro atoms. The maximum atomic E-state index is 13.3. The Kier molecular flexibility index (Phi) is 5.37. The molecule has 4 rings (SSSR count). The van der Waals surface area contributed by atoms with Crippen molar-refractivity contribution in [2.75, 3.05) is 20.8 Å². The molecular weight excluding hydrogens is 397 g/mol. The zero-order valence-corrected chi connectivity index (χ0v) is 17.7. The molecule has 6 nitrogen and oxygen atoms in total. The molecule has 31 heavy (non-hydrogen) atoms. The van der Waals surface area contributed by atoms with Crippen LogP contribution in [-0.2, 0) is 16.9 Å². The molecule has 0 saturated carbocycles. The van der Waals surface area contributed by atoms with E-state index in [1.54, 1.807) is 26.2 Å². The number of benzene rings is 3. The Morgan fingerprint density at radius 1 is 1.03 bits per heavy atom. The molecule has 0 aromatic heterocycles. The van der Waals surface area contributed by atoms with Crippen LogP contribution in [0, 0.1) is 5.82 Å². The number of urea groups is 1. The lowest BCUT2D eigenvalue weighted by molar-refractivity contribution is -0.901. The number of nitrogens with one attached hydrogen (secondary N) is 2. The molecule has 0 aliphatic carbocycles. The van der Waals surface area contributed by atoms with Gasteiger partial charge in [0.25, 0.3) is 5.91 Å². The molecule has 1 heterocycles. The number of nitrogens with zero attached hydrogens (tertiary/aromatic N) is 1. The summed E-state index contributed by atoms with van der Waals surface area (Å²) in [7, 11) is 3.51. The summed E-state index contributed by atoms with van der Waals surface area (Å²) in [4.78, 5) is 28.1. The Labute approximate surface area is 180 Å². The molecule has 2 atom stereocenters. The van der Waals surface area contributed by atoms with Crippen molar-refractivity contribution in [1.82, 2.24) is 10.2 Å². The number of rotatable bonds is 6. The Bertz CT molecular complexity index is 1150. The van der Waals surface area contributed by atoms with E-state index in [1.165, 1.54) is 17.0 Å². The summed E-state index contributed by atoms with van der Waals surface area (Å²) in [6.45, 7) is 2.50. The number of amides is 3. The van der Waals surface area contributed by atoms with E-state index in [0.29, 0.717) is 6.54 Å². The third-order valence-electron chi connectivity index (χ3n) is 5.75. The molecule has 1 saturated heterocycles. The average Bonchev–Trinajstić information content (AvgIpc) is 2.98. The predicted octanol–water partition coefficient (Wildman–Crippen LogP) is 2.43. The second-order valence-electron chi connectivity index (χ2n) is 8.13. The Balaban J connectivity index is 1.53. The molecule has 2 N–H and O–H groups in total. The molecule has 7 heteroatoms. The van der Waals surface area contributed by atoms with Crippen LogP contribution in [0.1, 0.15) is 18.1 Å². The highest BCUT2D eigenvalue weighted by atomic mass is 19.1. The topological polar surface area (TPSA) is 63.1 Å². The first kappa shape index (κ1) is 20.8. The van der Waals surface area contributed by atoms with Crippen molar-refractivity contribution in [2.24, 2.45) is 0 Å². The zero-order valence-electron chi connectivity index (χ0n) is 17.7. The molecule has 3 amide bonds. The summed E-state index contributed by atoms with van der Waals surface area (Å²) >= 11 is 0. The predicted molar refractivity (Wildman–Crippen MR) is 115 cm³/mol. The van der Waals surface area contributed by atoms with Gasteiger partial charge in [0.2, 0.25) is 0 Å². The van der Waals surface area contributed by atoms with E-state index < -0.39 is 11.6 Å². The standard InChI is InChI=1S/C24H24FN3O3/c1-24(19-8-6-18-13-21(31-3)11-7-17(18)12-19)22(29)28(23(30)26-24)15-27(2)14-16-4-9-20(25)10-5-16/h4-13H,14-15H2,1-3H3,(H,26,30)/p+1/t24-/m1/s1. The van der Waals surface area contributed by atoms with Crippen molar-refractivity contribution >= 4 is 22.7 Å². The van der Waals surface area contributed by atoms with E-state index in [0.717, 1.165) is 32.5 Å². The zero-order chi connectivity index (χ0) is 22.2. The van der Waals surface area contributed by atoms with Gasteiger partial charge in [-0.25, -0.2) is 14.1 Å². The Morgan fingerprint density at radius 3 is 2.42 bits per heavy atom. The number of hydrogen-bond donors (Lipinski definition) is 2. The number of hydrogen-bond acceptors (Lipinski definition) is 3. The van der Waals surface area contributed by atoms with E-state index in [4.69, 9.17) is 4.74 Å². The quantitative estimate of drug-likeness (QED) is 0.600. The lowest BCUT2D eigenvalue weighted by Crippen LogP contribution is -3.09. The van der Waals surface area contributed by atoms with Gasteiger partial charge in [-0.1, -0.05) is 30.3 Å². The van der Waals surface area contributed by atoms with E-state index in [1.807, 2.05) is 43.4 Å². The van der Waals surface area contributed by atoms with Gasteiger partial charge in [-0.15, -0.1) is 0 Å². The minimum absolute atomic E-state index is 0.211. The minimum atomic E-state index is -1.14. The van der Waals surface area contributed by atoms with Crippen LogP contribution in [0.15, 0.2) is 60.7 Å². The van der Waals surface area contributed by atoms with Gasteiger partial charge >= 0.3 is 6.03 Å². The number of fused-ring (bicyclic) bond motifs is 1. The van der Waals surface area contributed by atoms with Gasteiger partial charge in [-0.3, -0.25) is 4.79 Å². The molecule has 3 aromatic carbocycles. The number of halogens is 1. The van der Waals surface area contributed by atoms with E-state index >= 15 is 0 Å². The van der Waals surface area contributed by atoms with Crippen LogP contribution in [0.2, 0.25) is 0 Å². The maximum Gasteiger partial charge on any atom is 0.329 e. The van der Waals surface area contributed by atoms with Crippen LogP contribution in [0.3, 0.4) is 0 Å². The summed E-state index contributed by atoms with van der Waals surface area (Å²) in [5.74, 6) is 0.180. The number of ether oxygens (including phenoxy) is 1. The SMILES string of the molecule is COc1ccc2cc([C@@]3(C)NC(=O)N(C[NH+](C)Cc4ccc(F)cc4)C3=O)ccc2c1. The van der Waals surface area contributed by atoms with Gasteiger partial charge < -0.3 is 15.0 Å². The first-order valence-corrected chi connectivity index (χ1v) is 10.1. The fourth-order valence-corrected chi connectivity index (χ4v) is 3.97. The first-order valence-electron chi connectivity index (χ1n) is 10.1. The lowest BCUT2D eigenvalue weighted by Gasteiger charge is -2.24. The first-order chi connectivity index (χ1) is 14.8. The number of carbonyl (C=O) groups excluding carboxylic acids is 2. The van der Waals surface area contributed by atoms with Crippen LogP contribution in [0.25, 0.3) is 10.8 Å². The Hall–Kier alpha value is -3.45. The van der Waals surface area contributed by atoms with Crippen LogP contribution >= 0.6 is 0 Å². The van der Waals surface area contributed by atoms with Crippen LogP contribution < -0.4 is 15.0 Å². The van der Waals surface area contributed by atoms with Gasteiger partial charge in [0.15, 0.2) is 6.67 Å². The van der Waals surface area contributed by atoms with Gasteiger partial charge in [-0.05, 0) is 53.6 Å². The van der Waals surface area contributed by atoms with Crippen LogP contribution in [-0.4, -0.2) is 37.7 Å². The van der Waals surface area contributed by atoms with Gasteiger partial charge in [0, 0.05) is 5.56 Å². The summed E-state index contributed by atoms with van der Waals surface area (Å²) in [5, 5.41) is 4.81. The molecular formula is C24H25FN3O3+. The van der Waals surface area contributed by atoms with Crippen molar-refractivity contribution in [3.05, 3.63) is 77.6 Å². The van der Waals surface area contributed by atoms with E-state index in [2.05, 4.69) is 5.32 Å². The summed E-state index contributed by atoms with van der Waals surface area (Å²) < 4.78 is 18.4. The highest BCUT2D eigenvalue weighted by Gasteiger charge is 2.50. The van der Waals surface area contributed by atoms with Crippen LogP contribution in [0.4, 0.5) is 9.18 Å². The fourth-order valence-electron chi connectivity index (χ4n) is 3.97. The minimum Gasteiger partial charge on any atom is -0.497 e. The monoisotopic (exact) mass is 422 g/mol. The molecule has 3 aromatic rings. The summed E-state index contributed by atoms with van der Waals surface area (Å²) in [6, 6.07) is 17.2. The molecule has 1 fully saturated rings. The van der Waals surface area contributed by atoms with Crippen molar-refractivity contribution < 1.29 is 23.6 Å². The van der Waals surface area contributed by atoms with Crippen molar-refractivity contribution in [3.63, 3.8) is 0 Å². The Morgan fingerprint density at radius 2 is 1.71 bits per heavy atom. The van der Waals surface area contributed by atoms with Gasteiger partial charge in [0.1, 0.15) is 23.7 Å². The molecule has 1 unspecified atom stereocenters. The number of carbonyl (C=O) groups is 2. The number of imide groups is 1. The highest BCUT2D eigenvalue weighted by molar-refractivity contribution is 6.07. The van der Waals surface area contributed by atoms with E-state index in [-0.39, 0.29) is 18.4 Å². The van der Waals surface area contributed by atoms with Gasteiger partial charge in [0.05, 0.1) is 14.2 Å². The van der Waals surface area contributed by atoms with Crippen molar-refractivity contribution in [2.45, 2.75) is 19.0 Å². The number of methoxy groups -OCH3 is 1. The molecule has 160 valence electrons. The highest BCUT2D eigenvalue weighted by Crippen LogP contribution is 2.31. The molecule has 0 radical (unpaired) electrons. The summed E-state index contributed by atoms with van der Waals surface area (Å²) in [5.41, 5.74) is 0.516. The van der Waals surface area contributed by atoms with Gasteiger partial charge in [-0.2, -0.15) is 0 Å². The van der Waals surface area contributed by atoms with Crippen LogP contribution in [0.5, 0.6) is 5.75 Å². The molecule has 1 aliphatic rings. The van der Waals surface area contributed by atoms with E-state index in [9.17, 15) is 14.0 Å². The third kappa shape index (κ3) is 3.96. The fraction of sp³-hybridized carbons (Fsp3) is 0.250. The molecule has 1 aliphatic heterocycles. The smallest absolute Gasteiger partial charge is 0.329 e. The summed E-state index contributed by atoms with van der Waals surface area (Å²) in [6.07, 6.45) is 0. The number of quaternary nitrogens is 1. The lowest BCUT2D eigenvalue weighted by atomic mass is 9.90. The second-order valence-corrected chi connectivity index (χ2v) is 8.13. The van der Waals surface area contributed by atoms with Crippen molar-refractivity contribution in [1.29, 1.82) is 0 Å². The third-order valence-corrected chi connectivity index (χ3v) is 5.75. The average molecular weight is 422 g/mol. The second kappa shape index (κ2) is 8.00. The van der Waals surface area contributed by atoms with Crippen molar-refractivity contribution in [3.8, 4) is 5.75 Å². The molecule has 0 bridgehead atoms. The maximum absolute atomic E-state index is 13.3. The normalized spacial score (nSPS) is 19.5.